The van der Waals surface area contributed by atoms with Crippen molar-refractivity contribution in [2.24, 2.45) is 4.99 Å². The van der Waals surface area contributed by atoms with E-state index in [0.29, 0.717) is 18.2 Å². The van der Waals surface area contributed by atoms with Gasteiger partial charge in [-0.15, -0.1) is 5.10 Å². The summed E-state index contributed by atoms with van der Waals surface area (Å²) in [6.45, 7) is 5.16. The second kappa shape index (κ2) is 7.21. The third-order valence-electron chi connectivity index (χ3n) is 4.30. The highest BCUT2D eigenvalue weighted by Gasteiger charge is 2.21. The number of carbonyl (C=O) groups excluding carboxylic acids is 2. The average molecular weight is 354 g/mol. The number of fused-ring (bicyclic) bond motifs is 1. The van der Waals surface area contributed by atoms with Crippen molar-refractivity contribution in [3.05, 3.63) is 35.5 Å². The molecule has 2 aromatic rings. The van der Waals surface area contributed by atoms with Crippen molar-refractivity contribution < 1.29 is 14.3 Å². The summed E-state index contributed by atoms with van der Waals surface area (Å²) in [5.41, 5.74) is 3.59. The zero-order valence-corrected chi connectivity index (χ0v) is 15.4. The highest BCUT2D eigenvalue weighted by atomic mass is 16.5. The molecular formula is C19H22N4O3. The van der Waals surface area contributed by atoms with Crippen LogP contribution >= 0.6 is 0 Å². The fourth-order valence-electron chi connectivity index (χ4n) is 2.62. The number of allylic oxidation sites excluding steroid dienone is 2. The number of aromatic nitrogens is 2. The number of carbonyl (C=O) groups is 2. The zero-order chi connectivity index (χ0) is 18.8. The standard InChI is InChI=1S/C19H22N4O3/c1-12-5-8-16-18(20-15-7-6-14(24)11-17(15)25)19(21-23(16)13(12)2)26-10-9-22(3)4/h5-8H,9-11H2,1-4H3. The lowest BCUT2D eigenvalue weighted by atomic mass is 10.0. The Labute approximate surface area is 152 Å². The lowest BCUT2D eigenvalue weighted by molar-refractivity contribution is -0.121. The van der Waals surface area contributed by atoms with Crippen LogP contribution in [0.5, 0.6) is 5.88 Å². The van der Waals surface area contributed by atoms with Crippen LogP contribution in [0, 0.1) is 13.8 Å². The number of ether oxygens (including phenoxy) is 1. The molecule has 1 aliphatic carbocycles. The minimum Gasteiger partial charge on any atom is -0.474 e. The molecule has 2 aromatic heterocycles. The van der Waals surface area contributed by atoms with Crippen molar-refractivity contribution in [3.63, 3.8) is 0 Å². The summed E-state index contributed by atoms with van der Waals surface area (Å²) in [6, 6.07) is 3.90. The van der Waals surface area contributed by atoms with Gasteiger partial charge in [0.05, 0.1) is 11.9 Å². The van der Waals surface area contributed by atoms with Crippen molar-refractivity contribution >= 4 is 28.5 Å². The van der Waals surface area contributed by atoms with Crippen LogP contribution in [-0.2, 0) is 9.59 Å². The third-order valence-corrected chi connectivity index (χ3v) is 4.30. The van der Waals surface area contributed by atoms with Gasteiger partial charge in [-0.25, -0.2) is 9.51 Å². The SMILES string of the molecule is Cc1ccc2c(N=C3C=CC(=O)CC3=O)c(OCCN(C)C)nn2c1C. The van der Waals surface area contributed by atoms with Gasteiger partial charge in [0, 0.05) is 12.2 Å². The number of rotatable bonds is 5. The van der Waals surface area contributed by atoms with E-state index in [0.717, 1.165) is 23.3 Å². The van der Waals surface area contributed by atoms with Gasteiger partial charge in [-0.05, 0) is 51.7 Å². The molecule has 0 aromatic carbocycles. The van der Waals surface area contributed by atoms with E-state index in [1.165, 1.54) is 12.2 Å². The molecule has 26 heavy (non-hydrogen) atoms. The smallest absolute Gasteiger partial charge is 0.260 e. The molecule has 0 saturated carbocycles. The molecule has 0 saturated heterocycles. The molecule has 2 heterocycles. The minimum atomic E-state index is -0.292. The molecule has 136 valence electrons. The Bertz CT molecular complexity index is 938. The van der Waals surface area contributed by atoms with Crippen LogP contribution < -0.4 is 4.74 Å². The highest BCUT2D eigenvalue weighted by Crippen LogP contribution is 2.33. The molecule has 7 heteroatoms. The summed E-state index contributed by atoms with van der Waals surface area (Å²) >= 11 is 0. The molecule has 3 rings (SSSR count). The average Bonchev–Trinajstić information content (AvgIpc) is 2.92. The predicted molar refractivity (Wildman–Crippen MR) is 99.6 cm³/mol. The fourth-order valence-corrected chi connectivity index (χ4v) is 2.62. The summed E-state index contributed by atoms with van der Waals surface area (Å²) in [5, 5.41) is 4.54. The van der Waals surface area contributed by atoms with Crippen LogP contribution in [0.25, 0.3) is 5.52 Å². The Hall–Kier alpha value is -2.80. The maximum Gasteiger partial charge on any atom is 0.260 e. The van der Waals surface area contributed by atoms with Gasteiger partial charge in [0.15, 0.2) is 17.3 Å². The minimum absolute atomic E-state index is 0.149. The molecule has 1 aliphatic rings. The van der Waals surface area contributed by atoms with Gasteiger partial charge in [0.1, 0.15) is 12.3 Å². The van der Waals surface area contributed by atoms with Crippen LogP contribution in [-0.4, -0.2) is 59.0 Å². The highest BCUT2D eigenvalue weighted by molar-refractivity contribution is 6.50. The van der Waals surface area contributed by atoms with Gasteiger partial charge < -0.3 is 9.64 Å². The molecule has 0 amide bonds. The Morgan fingerprint density at radius 1 is 1.23 bits per heavy atom. The van der Waals surface area contributed by atoms with E-state index < -0.39 is 0 Å². The normalized spacial score (nSPS) is 16.3. The summed E-state index contributed by atoms with van der Waals surface area (Å²) in [6.07, 6.45) is 2.69. The molecule has 0 spiro atoms. The summed E-state index contributed by atoms with van der Waals surface area (Å²) in [7, 11) is 3.92. The number of ketones is 2. The monoisotopic (exact) mass is 354 g/mol. The van der Waals surface area contributed by atoms with Crippen molar-refractivity contribution in [2.75, 3.05) is 27.2 Å². The van der Waals surface area contributed by atoms with Gasteiger partial charge in [0.2, 0.25) is 0 Å². The Morgan fingerprint density at radius 2 is 2.00 bits per heavy atom. The number of aliphatic imine (C=N–C) groups is 1. The number of likely N-dealkylation sites (N-methyl/N-ethyl adjacent to an activating group) is 1. The van der Waals surface area contributed by atoms with E-state index in [9.17, 15) is 9.59 Å². The first-order valence-electron chi connectivity index (χ1n) is 8.46. The van der Waals surface area contributed by atoms with Crippen molar-refractivity contribution in [3.8, 4) is 5.88 Å². The third kappa shape index (κ3) is 3.57. The van der Waals surface area contributed by atoms with E-state index in [4.69, 9.17) is 4.74 Å². The number of hydrogen-bond donors (Lipinski definition) is 0. The van der Waals surface area contributed by atoms with E-state index in [1.54, 1.807) is 4.52 Å². The topological polar surface area (TPSA) is 76.3 Å². The molecule has 7 nitrogen and oxygen atoms in total. The Balaban J connectivity index is 2.09. The van der Waals surface area contributed by atoms with Crippen LogP contribution in [0.15, 0.2) is 29.3 Å². The van der Waals surface area contributed by atoms with Gasteiger partial charge in [-0.3, -0.25) is 9.59 Å². The van der Waals surface area contributed by atoms with Gasteiger partial charge >= 0.3 is 0 Å². The molecule has 0 fully saturated rings. The maximum absolute atomic E-state index is 12.1. The number of aryl methyl sites for hydroxylation is 2. The van der Waals surface area contributed by atoms with Crippen molar-refractivity contribution in [1.82, 2.24) is 14.5 Å². The fraction of sp³-hybridized carbons (Fsp3) is 0.368. The first-order valence-corrected chi connectivity index (χ1v) is 8.46. The van der Waals surface area contributed by atoms with Gasteiger partial charge in [-0.1, -0.05) is 6.07 Å². The molecule has 0 atom stereocenters. The second-order valence-corrected chi connectivity index (χ2v) is 6.60. The molecule has 0 bridgehead atoms. The lowest BCUT2D eigenvalue weighted by Crippen LogP contribution is -2.20. The first kappa shape index (κ1) is 18.0. The number of nitrogens with zero attached hydrogens (tertiary/aromatic N) is 4. The number of Topliss-reactive ketones (excluding diaryl/α,β-unsaturated/α-hetero) is 1. The molecular weight excluding hydrogens is 332 g/mol. The van der Waals surface area contributed by atoms with Gasteiger partial charge in [0.25, 0.3) is 5.88 Å². The summed E-state index contributed by atoms with van der Waals surface area (Å²) in [5.74, 6) is -0.117. The van der Waals surface area contributed by atoms with E-state index in [-0.39, 0.29) is 23.7 Å². The van der Waals surface area contributed by atoms with Crippen LogP contribution in [0.1, 0.15) is 17.7 Å². The second-order valence-electron chi connectivity index (χ2n) is 6.60. The lowest BCUT2D eigenvalue weighted by Gasteiger charge is -2.10. The summed E-state index contributed by atoms with van der Waals surface area (Å²) in [4.78, 5) is 30.0. The van der Waals surface area contributed by atoms with Crippen LogP contribution in [0.2, 0.25) is 0 Å². The largest absolute Gasteiger partial charge is 0.474 e. The van der Waals surface area contributed by atoms with E-state index >= 15 is 0 Å². The van der Waals surface area contributed by atoms with E-state index in [2.05, 4.69) is 10.1 Å². The van der Waals surface area contributed by atoms with Gasteiger partial charge in [-0.2, -0.15) is 0 Å². The van der Waals surface area contributed by atoms with E-state index in [1.807, 2.05) is 45.0 Å². The molecule has 0 aliphatic heterocycles. The van der Waals surface area contributed by atoms with Crippen molar-refractivity contribution in [2.45, 2.75) is 20.3 Å². The Morgan fingerprint density at radius 3 is 2.69 bits per heavy atom. The van der Waals surface area contributed by atoms with Crippen molar-refractivity contribution in [1.29, 1.82) is 0 Å². The van der Waals surface area contributed by atoms with Crippen LogP contribution in [0.4, 0.5) is 5.69 Å². The molecule has 0 unspecified atom stereocenters. The number of hydrogen-bond acceptors (Lipinski definition) is 6. The predicted octanol–water partition coefficient (Wildman–Crippen LogP) is 2.06. The summed E-state index contributed by atoms with van der Waals surface area (Å²) < 4.78 is 7.62. The molecule has 0 N–H and O–H groups in total. The quantitative estimate of drug-likeness (QED) is 0.768. The van der Waals surface area contributed by atoms with Crippen LogP contribution in [0.3, 0.4) is 0 Å². The maximum atomic E-state index is 12.1. The number of pyridine rings is 1. The first-order chi connectivity index (χ1) is 12.4. The Kier molecular flexibility index (Phi) is 4.99. The zero-order valence-electron chi connectivity index (χ0n) is 15.4. The molecule has 0 radical (unpaired) electrons.